The van der Waals surface area contributed by atoms with Crippen LogP contribution in [0.15, 0.2) is 24.4 Å². The summed E-state index contributed by atoms with van der Waals surface area (Å²) in [5.41, 5.74) is 2.71. The number of ether oxygens (including phenoxy) is 3. The van der Waals surface area contributed by atoms with Crippen LogP contribution in [0.5, 0.6) is 5.75 Å². The number of aryl methyl sites for hydroxylation is 1. The second-order valence-corrected chi connectivity index (χ2v) is 8.61. The van der Waals surface area contributed by atoms with E-state index >= 15 is 0 Å². The number of benzene rings is 1. The van der Waals surface area contributed by atoms with E-state index in [4.69, 9.17) is 14.2 Å². The van der Waals surface area contributed by atoms with Gasteiger partial charge < -0.3 is 18.8 Å². The second kappa shape index (κ2) is 9.96. The fourth-order valence-corrected chi connectivity index (χ4v) is 4.74. The van der Waals surface area contributed by atoms with E-state index in [-0.39, 0.29) is 12.2 Å². The van der Waals surface area contributed by atoms with Gasteiger partial charge in [-0.1, -0.05) is 39.0 Å². The van der Waals surface area contributed by atoms with Gasteiger partial charge in [0.2, 0.25) is 0 Å². The molecule has 0 spiro atoms. The molecule has 160 valence electrons. The Morgan fingerprint density at radius 1 is 1.03 bits per heavy atom. The van der Waals surface area contributed by atoms with Crippen LogP contribution >= 0.6 is 0 Å². The molecule has 2 aliphatic rings. The number of aromatic nitrogens is 1. The molecule has 5 heteroatoms. The monoisotopic (exact) mass is 400 g/mol. The molecule has 1 aromatic carbocycles. The van der Waals surface area contributed by atoms with Crippen molar-refractivity contribution in [2.75, 3.05) is 33.4 Å². The van der Waals surface area contributed by atoms with Gasteiger partial charge in [-0.2, -0.15) is 0 Å². The molecule has 2 unspecified atom stereocenters. The van der Waals surface area contributed by atoms with Gasteiger partial charge in [0.25, 0.3) is 0 Å². The van der Waals surface area contributed by atoms with E-state index < -0.39 is 0 Å². The third-order valence-electron chi connectivity index (χ3n) is 6.23. The van der Waals surface area contributed by atoms with Crippen LogP contribution in [0.2, 0.25) is 0 Å². The molecule has 2 saturated heterocycles. The number of hydrogen-bond acceptors (Lipinski definition) is 4. The van der Waals surface area contributed by atoms with Crippen LogP contribution in [0.4, 0.5) is 0 Å². The van der Waals surface area contributed by atoms with E-state index in [1.54, 1.807) is 7.11 Å². The lowest BCUT2D eigenvalue weighted by Gasteiger charge is -2.41. The van der Waals surface area contributed by atoms with Crippen molar-refractivity contribution in [3.05, 3.63) is 30.0 Å². The minimum Gasteiger partial charge on any atom is -0.497 e. The molecule has 2 atom stereocenters. The van der Waals surface area contributed by atoms with Crippen molar-refractivity contribution >= 4 is 10.9 Å². The van der Waals surface area contributed by atoms with Crippen LogP contribution in [-0.4, -0.2) is 55.1 Å². The van der Waals surface area contributed by atoms with Crippen LogP contribution in [0, 0.1) is 0 Å². The Balaban J connectivity index is 1.46. The highest BCUT2D eigenvalue weighted by molar-refractivity contribution is 5.85. The predicted molar refractivity (Wildman–Crippen MR) is 117 cm³/mol. The third-order valence-corrected chi connectivity index (χ3v) is 6.23. The molecule has 3 heterocycles. The highest BCUT2D eigenvalue weighted by atomic mass is 16.6. The first kappa shape index (κ1) is 20.7. The summed E-state index contributed by atoms with van der Waals surface area (Å²) >= 11 is 0. The smallest absolute Gasteiger partial charge is 0.120 e. The van der Waals surface area contributed by atoms with E-state index in [1.807, 2.05) is 0 Å². The van der Waals surface area contributed by atoms with Crippen LogP contribution in [-0.2, 0) is 22.6 Å². The molecule has 2 aromatic rings. The minimum absolute atomic E-state index is 0.221. The van der Waals surface area contributed by atoms with E-state index in [2.05, 4.69) is 40.8 Å². The average molecular weight is 401 g/mol. The first-order chi connectivity index (χ1) is 14.3. The van der Waals surface area contributed by atoms with Gasteiger partial charge in [0.1, 0.15) is 5.75 Å². The molecule has 0 saturated carbocycles. The third kappa shape index (κ3) is 5.14. The number of nitrogens with zero attached hydrogens (tertiary/aromatic N) is 2. The van der Waals surface area contributed by atoms with Crippen molar-refractivity contribution in [3.63, 3.8) is 0 Å². The van der Waals surface area contributed by atoms with Gasteiger partial charge in [0, 0.05) is 43.8 Å². The molecule has 0 aliphatic carbocycles. The standard InChI is InChI=1S/C24H36N2O3/c1-3-4-5-6-7-8-11-26-14-19(23-10-9-20(27-2)12-24(23)26)13-25-15-21-17-28-18-22(16-25)29-21/h9-10,12,14,21-22H,3-8,11,13,15-18H2,1-2H3. The average Bonchev–Trinajstić information content (AvgIpc) is 3.07. The molecular formula is C24H36N2O3. The number of fused-ring (bicyclic) bond motifs is 3. The molecule has 0 N–H and O–H groups in total. The van der Waals surface area contributed by atoms with E-state index in [1.165, 1.54) is 55.0 Å². The van der Waals surface area contributed by atoms with E-state index in [0.717, 1.165) is 45.1 Å². The summed E-state index contributed by atoms with van der Waals surface area (Å²) < 4.78 is 19.6. The Morgan fingerprint density at radius 3 is 2.55 bits per heavy atom. The Morgan fingerprint density at radius 2 is 1.79 bits per heavy atom. The SMILES string of the molecule is CCCCCCCCn1cc(CN2CC3COCC(C2)O3)c2ccc(OC)cc21. The van der Waals surface area contributed by atoms with Crippen LogP contribution < -0.4 is 4.74 Å². The van der Waals surface area contributed by atoms with Crippen LogP contribution in [0.1, 0.15) is 51.0 Å². The maximum atomic E-state index is 6.02. The largest absolute Gasteiger partial charge is 0.497 e. The quantitative estimate of drug-likeness (QED) is 0.546. The van der Waals surface area contributed by atoms with Gasteiger partial charge in [-0.25, -0.2) is 0 Å². The zero-order valence-corrected chi connectivity index (χ0v) is 18.1. The topological polar surface area (TPSA) is 35.9 Å². The molecule has 29 heavy (non-hydrogen) atoms. The molecule has 2 aliphatic heterocycles. The molecule has 1 aromatic heterocycles. The van der Waals surface area contributed by atoms with Gasteiger partial charge in [-0.3, -0.25) is 4.90 Å². The number of morpholine rings is 1. The maximum absolute atomic E-state index is 6.02. The number of methoxy groups -OCH3 is 1. The van der Waals surface area contributed by atoms with Crippen LogP contribution in [0.3, 0.4) is 0 Å². The van der Waals surface area contributed by atoms with Crippen molar-refractivity contribution < 1.29 is 14.2 Å². The van der Waals surface area contributed by atoms with Gasteiger partial charge >= 0.3 is 0 Å². The Bertz CT molecular complexity index is 776. The molecule has 5 nitrogen and oxygen atoms in total. The van der Waals surface area contributed by atoms with E-state index in [0.29, 0.717) is 0 Å². The van der Waals surface area contributed by atoms with Crippen molar-refractivity contribution in [1.29, 1.82) is 0 Å². The normalized spacial score (nSPS) is 22.3. The number of unbranched alkanes of at least 4 members (excludes halogenated alkanes) is 5. The molecule has 2 fully saturated rings. The summed E-state index contributed by atoms with van der Waals surface area (Å²) in [5, 5.41) is 1.35. The van der Waals surface area contributed by atoms with Crippen molar-refractivity contribution in [2.24, 2.45) is 0 Å². The lowest BCUT2D eigenvalue weighted by Crippen LogP contribution is -2.53. The van der Waals surface area contributed by atoms with Crippen LogP contribution in [0.25, 0.3) is 10.9 Å². The number of hydrogen-bond donors (Lipinski definition) is 0. The lowest BCUT2D eigenvalue weighted by atomic mass is 10.1. The minimum atomic E-state index is 0.221. The fourth-order valence-electron chi connectivity index (χ4n) is 4.74. The summed E-state index contributed by atoms with van der Waals surface area (Å²) in [5.74, 6) is 0.935. The van der Waals surface area contributed by atoms with Gasteiger partial charge in [0.05, 0.1) is 38.0 Å². The summed E-state index contributed by atoms with van der Waals surface area (Å²) in [6.07, 6.45) is 10.7. The summed E-state index contributed by atoms with van der Waals surface area (Å²) in [6, 6.07) is 6.51. The first-order valence-electron chi connectivity index (χ1n) is 11.4. The molecule has 0 radical (unpaired) electrons. The zero-order valence-electron chi connectivity index (χ0n) is 18.1. The maximum Gasteiger partial charge on any atom is 0.120 e. The molecule has 4 rings (SSSR count). The van der Waals surface area contributed by atoms with Gasteiger partial charge in [-0.15, -0.1) is 0 Å². The lowest BCUT2D eigenvalue weighted by molar-refractivity contribution is -0.180. The Kier molecular flexibility index (Phi) is 7.11. The summed E-state index contributed by atoms with van der Waals surface area (Å²) in [6.45, 7) is 7.69. The molecular weight excluding hydrogens is 364 g/mol. The van der Waals surface area contributed by atoms with Crippen molar-refractivity contribution in [1.82, 2.24) is 9.47 Å². The Hall–Kier alpha value is -1.56. The van der Waals surface area contributed by atoms with Gasteiger partial charge in [0.15, 0.2) is 0 Å². The zero-order chi connectivity index (χ0) is 20.1. The molecule has 0 amide bonds. The van der Waals surface area contributed by atoms with Crippen molar-refractivity contribution in [3.8, 4) is 5.75 Å². The first-order valence-corrected chi connectivity index (χ1v) is 11.4. The highest BCUT2D eigenvalue weighted by Crippen LogP contribution is 2.28. The highest BCUT2D eigenvalue weighted by Gasteiger charge is 2.32. The number of rotatable bonds is 10. The summed E-state index contributed by atoms with van der Waals surface area (Å²) in [4.78, 5) is 2.54. The summed E-state index contributed by atoms with van der Waals surface area (Å²) in [7, 11) is 1.75. The second-order valence-electron chi connectivity index (χ2n) is 8.61. The fraction of sp³-hybridized carbons (Fsp3) is 0.667. The van der Waals surface area contributed by atoms with E-state index in [9.17, 15) is 0 Å². The predicted octanol–water partition coefficient (Wildman–Crippen LogP) is 4.61. The van der Waals surface area contributed by atoms with Crippen molar-refractivity contribution in [2.45, 2.75) is 70.7 Å². The molecule has 2 bridgehead atoms. The van der Waals surface area contributed by atoms with Gasteiger partial charge in [-0.05, 0) is 24.1 Å². The Labute approximate surface area is 174 Å².